The quantitative estimate of drug-likeness (QED) is 0.499. The molecule has 25 heavy (non-hydrogen) atoms. The molecule has 0 amide bonds. The molecule has 2 rings (SSSR count). The van der Waals surface area contributed by atoms with Crippen LogP contribution in [0, 0.1) is 0 Å². The molecule has 2 atom stereocenters. The average Bonchev–Trinajstić information content (AvgIpc) is 2.93. The Hall–Kier alpha value is -1.27. The number of nitrogens with zero attached hydrogens (tertiary/aromatic N) is 5. The van der Waals surface area contributed by atoms with Gasteiger partial charge in [-0.05, 0) is 41.6 Å². The molecule has 0 aliphatic rings. The van der Waals surface area contributed by atoms with Gasteiger partial charge >= 0.3 is 6.18 Å². The number of aliphatic hydroxyl groups is 1. The van der Waals surface area contributed by atoms with Crippen LogP contribution in [0.15, 0.2) is 24.3 Å². The summed E-state index contributed by atoms with van der Waals surface area (Å²) in [5, 5.41) is 21.1. The Bertz CT molecular complexity index is 663. The van der Waals surface area contributed by atoms with Crippen molar-refractivity contribution < 1.29 is 18.3 Å². The first kappa shape index (κ1) is 20.0. The fraction of sp³-hybridized carbons (Fsp3) is 0.533. The first-order valence-corrected chi connectivity index (χ1v) is 8.90. The maximum absolute atomic E-state index is 12.7. The smallest absolute Gasteiger partial charge is 0.392 e. The lowest BCUT2D eigenvalue weighted by Crippen LogP contribution is -2.35. The molecule has 6 nitrogen and oxygen atoms in total. The van der Waals surface area contributed by atoms with Gasteiger partial charge in [0.2, 0.25) is 0 Å². The summed E-state index contributed by atoms with van der Waals surface area (Å²) in [5.41, 5.74) is -0.270. The van der Waals surface area contributed by atoms with Crippen LogP contribution in [0.3, 0.4) is 0 Å². The number of hydrogen-bond acceptors (Lipinski definition) is 5. The Morgan fingerprint density at radius 3 is 2.36 bits per heavy atom. The van der Waals surface area contributed by atoms with Gasteiger partial charge in [0.05, 0.1) is 23.9 Å². The Kier molecular flexibility index (Phi) is 6.74. The summed E-state index contributed by atoms with van der Waals surface area (Å²) in [6, 6.07) is 4.67. The van der Waals surface area contributed by atoms with Crippen molar-refractivity contribution in [2.24, 2.45) is 0 Å². The van der Waals surface area contributed by atoms with E-state index in [1.54, 1.807) is 6.92 Å². The minimum Gasteiger partial charge on any atom is -0.392 e. The molecule has 1 N–H and O–H groups in total. The molecule has 1 heterocycles. The predicted molar refractivity (Wildman–Crippen MR) is 94.6 cm³/mol. The highest BCUT2D eigenvalue weighted by Gasteiger charge is 2.30. The summed E-state index contributed by atoms with van der Waals surface area (Å²) < 4.78 is 39.8. The molecule has 138 valence electrons. The second-order valence-corrected chi connectivity index (χ2v) is 8.00. The van der Waals surface area contributed by atoms with Crippen LogP contribution in [0.25, 0.3) is 5.69 Å². The van der Waals surface area contributed by atoms with E-state index in [1.165, 1.54) is 16.8 Å². The SMILES string of the molecule is C[C@H](I)CN(Cc1nnnn1-c1ccc(C(F)(F)F)cc1)C[C@@H](C)O. The van der Waals surface area contributed by atoms with E-state index in [0.29, 0.717) is 28.5 Å². The summed E-state index contributed by atoms with van der Waals surface area (Å²) in [5.74, 6) is 0.498. The van der Waals surface area contributed by atoms with Gasteiger partial charge in [0.15, 0.2) is 5.82 Å². The molecule has 0 aliphatic heterocycles. The summed E-state index contributed by atoms with van der Waals surface area (Å²) in [4.78, 5) is 2.01. The van der Waals surface area contributed by atoms with Crippen molar-refractivity contribution in [2.75, 3.05) is 13.1 Å². The lowest BCUT2D eigenvalue weighted by molar-refractivity contribution is -0.137. The van der Waals surface area contributed by atoms with Crippen molar-refractivity contribution in [3.05, 3.63) is 35.7 Å². The molecular weight excluding hydrogens is 450 g/mol. The van der Waals surface area contributed by atoms with Gasteiger partial charge in [0.1, 0.15) is 0 Å². The molecular formula is C15H19F3IN5O. The van der Waals surface area contributed by atoms with Crippen molar-refractivity contribution in [3.63, 3.8) is 0 Å². The van der Waals surface area contributed by atoms with Crippen molar-refractivity contribution in [2.45, 2.75) is 36.6 Å². The Balaban J connectivity index is 2.21. The van der Waals surface area contributed by atoms with E-state index in [-0.39, 0.29) is 0 Å². The summed E-state index contributed by atoms with van der Waals surface area (Å²) in [7, 11) is 0. The molecule has 0 saturated heterocycles. The number of hydrogen-bond donors (Lipinski definition) is 1. The number of aromatic nitrogens is 4. The lowest BCUT2D eigenvalue weighted by Gasteiger charge is -2.24. The van der Waals surface area contributed by atoms with E-state index in [4.69, 9.17) is 0 Å². The molecule has 1 aromatic carbocycles. The highest BCUT2D eigenvalue weighted by Crippen LogP contribution is 2.29. The Morgan fingerprint density at radius 2 is 1.84 bits per heavy atom. The minimum absolute atomic E-state index is 0.353. The number of alkyl halides is 4. The van der Waals surface area contributed by atoms with Crippen LogP contribution in [0.1, 0.15) is 25.2 Å². The second-order valence-electron chi connectivity index (χ2n) is 5.88. The molecule has 0 radical (unpaired) electrons. The molecule has 10 heteroatoms. The lowest BCUT2D eigenvalue weighted by atomic mass is 10.2. The Labute approximate surface area is 157 Å². The third-order valence-corrected chi connectivity index (χ3v) is 3.76. The number of benzene rings is 1. The highest BCUT2D eigenvalue weighted by atomic mass is 127. The zero-order chi connectivity index (χ0) is 18.6. The van der Waals surface area contributed by atoms with Crippen LogP contribution in [-0.4, -0.2) is 53.3 Å². The van der Waals surface area contributed by atoms with E-state index in [1.807, 2.05) is 4.90 Å². The Morgan fingerprint density at radius 1 is 1.20 bits per heavy atom. The van der Waals surface area contributed by atoms with Gasteiger partial charge in [-0.15, -0.1) is 5.10 Å². The van der Waals surface area contributed by atoms with Gasteiger partial charge in [-0.1, -0.05) is 29.5 Å². The van der Waals surface area contributed by atoms with Crippen LogP contribution in [-0.2, 0) is 12.7 Å². The first-order chi connectivity index (χ1) is 11.7. The predicted octanol–water partition coefficient (Wildman–Crippen LogP) is 2.69. The molecule has 0 bridgehead atoms. The molecule has 2 aromatic rings. The van der Waals surface area contributed by atoms with E-state index in [2.05, 4.69) is 45.0 Å². The van der Waals surface area contributed by atoms with Crippen molar-refractivity contribution in [1.82, 2.24) is 25.1 Å². The normalized spacial score (nSPS) is 14.7. The van der Waals surface area contributed by atoms with Crippen LogP contribution in [0.2, 0.25) is 0 Å². The highest BCUT2D eigenvalue weighted by molar-refractivity contribution is 14.1. The van der Waals surface area contributed by atoms with E-state index >= 15 is 0 Å². The summed E-state index contributed by atoms with van der Waals surface area (Å²) >= 11 is 2.29. The molecule has 0 fully saturated rings. The average molecular weight is 469 g/mol. The van der Waals surface area contributed by atoms with Gasteiger partial charge in [0, 0.05) is 17.0 Å². The maximum atomic E-state index is 12.7. The third kappa shape index (κ3) is 5.89. The topological polar surface area (TPSA) is 67.1 Å². The van der Waals surface area contributed by atoms with Gasteiger partial charge in [-0.2, -0.15) is 17.9 Å². The zero-order valence-corrected chi connectivity index (χ0v) is 15.9. The van der Waals surface area contributed by atoms with Crippen LogP contribution >= 0.6 is 22.6 Å². The molecule has 1 aromatic heterocycles. The fourth-order valence-electron chi connectivity index (χ4n) is 2.43. The summed E-state index contributed by atoms with van der Waals surface area (Å²) in [6.45, 7) is 5.31. The standard InChI is InChI=1S/C15H19F3IN5O/c1-10(19)7-23(8-11(2)25)9-14-20-21-22-24(14)13-5-3-12(4-6-13)15(16,17)18/h3-6,10-11,25H,7-9H2,1-2H3/t10-,11+/m0/s1. The van der Waals surface area contributed by atoms with Crippen molar-refractivity contribution in [3.8, 4) is 5.69 Å². The minimum atomic E-state index is -4.38. The van der Waals surface area contributed by atoms with Gasteiger partial charge in [-0.25, -0.2) is 0 Å². The van der Waals surface area contributed by atoms with E-state index in [9.17, 15) is 18.3 Å². The van der Waals surface area contributed by atoms with Gasteiger partial charge in [-0.3, -0.25) is 4.90 Å². The fourth-order valence-corrected chi connectivity index (χ4v) is 2.99. The van der Waals surface area contributed by atoms with E-state index in [0.717, 1.165) is 18.7 Å². The zero-order valence-electron chi connectivity index (χ0n) is 13.8. The van der Waals surface area contributed by atoms with Crippen LogP contribution in [0.5, 0.6) is 0 Å². The molecule has 0 aliphatic carbocycles. The second kappa shape index (κ2) is 8.41. The van der Waals surface area contributed by atoms with Gasteiger partial charge < -0.3 is 5.11 Å². The maximum Gasteiger partial charge on any atom is 0.416 e. The number of aliphatic hydroxyl groups excluding tert-OH is 1. The number of tetrazole rings is 1. The summed E-state index contributed by atoms with van der Waals surface area (Å²) in [6.07, 6.45) is -4.89. The first-order valence-electron chi connectivity index (χ1n) is 7.66. The number of halogens is 4. The third-order valence-electron chi connectivity index (χ3n) is 3.37. The van der Waals surface area contributed by atoms with E-state index < -0.39 is 17.8 Å². The van der Waals surface area contributed by atoms with Gasteiger partial charge in [0.25, 0.3) is 0 Å². The molecule has 0 unspecified atom stereocenters. The molecule has 0 spiro atoms. The van der Waals surface area contributed by atoms with Crippen molar-refractivity contribution >= 4 is 22.6 Å². The number of rotatable bonds is 7. The molecule has 0 saturated carbocycles. The largest absolute Gasteiger partial charge is 0.416 e. The van der Waals surface area contributed by atoms with Crippen LogP contribution in [0.4, 0.5) is 13.2 Å². The van der Waals surface area contributed by atoms with Crippen molar-refractivity contribution in [1.29, 1.82) is 0 Å². The monoisotopic (exact) mass is 469 g/mol. The van der Waals surface area contributed by atoms with Crippen LogP contribution < -0.4 is 0 Å².